The lowest BCUT2D eigenvalue weighted by atomic mass is 9.61. The Morgan fingerprint density at radius 1 is 0.484 bits per heavy atom. The van der Waals surface area contributed by atoms with Crippen LogP contribution in [0, 0.1) is 13.8 Å². The molecular weight excluding hydrogens is 775 g/mol. The third kappa shape index (κ3) is 5.33. The van der Waals surface area contributed by atoms with Crippen LogP contribution in [0.25, 0.3) is 0 Å². The van der Waals surface area contributed by atoms with E-state index in [1.165, 1.54) is 130 Å². The monoisotopic (exact) mass is 850 g/mol. The molecule has 64 heavy (non-hydrogen) atoms. The highest BCUT2D eigenvalue weighted by molar-refractivity contribution is 6.00. The summed E-state index contributed by atoms with van der Waals surface area (Å²) in [5.41, 5.74) is 24.4. The van der Waals surface area contributed by atoms with Crippen LogP contribution in [0.1, 0.15) is 203 Å². The summed E-state index contributed by atoms with van der Waals surface area (Å²) in [6.07, 6.45) is 9.92. The lowest BCUT2D eigenvalue weighted by Crippen LogP contribution is -2.56. The molecule has 0 saturated heterocycles. The van der Waals surface area contributed by atoms with Crippen molar-refractivity contribution in [2.45, 2.75) is 199 Å². The number of hydrogen-bond donors (Lipinski definition) is 0. The second-order valence-corrected chi connectivity index (χ2v) is 25.4. The molecule has 0 amide bonds. The van der Waals surface area contributed by atoms with E-state index in [0.717, 1.165) is 0 Å². The minimum absolute atomic E-state index is 0.00426. The van der Waals surface area contributed by atoms with Gasteiger partial charge in [-0.2, -0.15) is 0 Å². The summed E-state index contributed by atoms with van der Waals surface area (Å²) in [4.78, 5) is 8.56. The second-order valence-electron chi connectivity index (χ2n) is 25.4. The largest absolute Gasteiger partial charge is 0.334 e. The predicted molar refractivity (Wildman–Crippen MR) is 273 cm³/mol. The van der Waals surface area contributed by atoms with E-state index in [1.54, 1.807) is 16.7 Å². The summed E-state index contributed by atoms with van der Waals surface area (Å²) in [5.74, 6) is 0.124. The molecule has 5 aromatic carbocycles. The first kappa shape index (κ1) is 42.2. The lowest BCUT2D eigenvalue weighted by molar-refractivity contribution is 0.193. The van der Waals surface area contributed by atoms with Gasteiger partial charge in [0.25, 0.3) is 0 Å². The molecule has 0 aromatic heterocycles. The Kier molecular flexibility index (Phi) is 8.63. The van der Waals surface area contributed by atoms with E-state index in [0.29, 0.717) is 0 Å². The van der Waals surface area contributed by atoms with Gasteiger partial charge in [-0.05, 0) is 156 Å². The standard InChI is InChI=1S/C61H75N3/c1-37-31-38(2)53-54-50(37)51-44-25-23-41(57(9,10)11)34-47(44)62(42-22-20-21-39(32-42)55(3,4)5)48-35-43(36-49(52(48)51)64(54)61(15)30-19-17-28-59(53,61)13)63-46-26-24-40(56(6,7)8)33-45(46)58(12)27-16-18-29-60(58,63)14/h20-26,31-36,51H,16-19,27-30H2,1-15H3. The maximum Gasteiger partial charge on any atom is 0.0545 e. The van der Waals surface area contributed by atoms with Crippen molar-refractivity contribution in [1.29, 1.82) is 0 Å². The Morgan fingerprint density at radius 3 is 1.73 bits per heavy atom. The molecule has 0 N–H and O–H groups in total. The molecule has 3 nitrogen and oxygen atoms in total. The van der Waals surface area contributed by atoms with Gasteiger partial charge in [0.1, 0.15) is 0 Å². The van der Waals surface area contributed by atoms with Crippen LogP contribution in [0.2, 0.25) is 0 Å². The number of benzene rings is 5. The van der Waals surface area contributed by atoms with Gasteiger partial charge in [-0.1, -0.05) is 144 Å². The van der Waals surface area contributed by atoms with Crippen molar-refractivity contribution in [3.63, 3.8) is 0 Å². The second kappa shape index (κ2) is 13.1. The molecule has 5 atom stereocenters. The van der Waals surface area contributed by atoms with Crippen molar-refractivity contribution in [2.24, 2.45) is 0 Å². The molecule has 0 bridgehead atoms. The van der Waals surface area contributed by atoms with Gasteiger partial charge >= 0.3 is 0 Å². The zero-order valence-electron chi connectivity index (χ0n) is 42.1. The molecule has 2 fully saturated rings. The summed E-state index contributed by atoms with van der Waals surface area (Å²) in [5, 5.41) is 0. The number of fused-ring (bicyclic) bond motifs is 10. The van der Waals surface area contributed by atoms with E-state index in [-0.39, 0.29) is 44.1 Å². The fraction of sp³-hybridized carbons (Fsp3) is 0.508. The molecule has 334 valence electrons. The van der Waals surface area contributed by atoms with Gasteiger partial charge in [0.15, 0.2) is 0 Å². The van der Waals surface area contributed by atoms with E-state index in [9.17, 15) is 0 Å². The third-order valence-corrected chi connectivity index (χ3v) is 18.6. The van der Waals surface area contributed by atoms with Gasteiger partial charge in [-0.15, -0.1) is 0 Å². The topological polar surface area (TPSA) is 9.72 Å². The number of nitrogens with zero attached hydrogens (tertiary/aromatic N) is 3. The van der Waals surface area contributed by atoms with E-state index >= 15 is 0 Å². The normalized spacial score (nSPS) is 27.7. The molecule has 5 aromatic rings. The van der Waals surface area contributed by atoms with Gasteiger partial charge in [0.2, 0.25) is 0 Å². The SMILES string of the molecule is Cc1cc(C)c2c3c1C1c4ccc(C(C)(C)C)cc4N(c4cccc(C(C)(C)C)c4)c4cc(N5c6ccc(C(C)(C)C)cc6C6(C)CCCCC56C)cc(c41)N3C1(C)CCCCC21C. The average molecular weight is 850 g/mol. The van der Waals surface area contributed by atoms with Crippen molar-refractivity contribution < 1.29 is 0 Å². The lowest BCUT2D eigenvalue weighted by Gasteiger charge is -2.54. The maximum absolute atomic E-state index is 2.97. The Morgan fingerprint density at radius 2 is 1.06 bits per heavy atom. The van der Waals surface area contributed by atoms with Crippen LogP contribution in [0.3, 0.4) is 0 Å². The van der Waals surface area contributed by atoms with Crippen molar-refractivity contribution in [3.8, 4) is 0 Å². The fourth-order valence-corrected chi connectivity index (χ4v) is 14.6. The summed E-state index contributed by atoms with van der Waals surface area (Å²) in [6.45, 7) is 36.7. The number of anilines is 7. The predicted octanol–water partition coefficient (Wildman–Crippen LogP) is 17.0. The molecule has 3 heteroatoms. The first-order valence-electron chi connectivity index (χ1n) is 25.1. The summed E-state index contributed by atoms with van der Waals surface area (Å²) >= 11 is 0. The summed E-state index contributed by atoms with van der Waals surface area (Å²) < 4.78 is 0. The van der Waals surface area contributed by atoms with Gasteiger partial charge in [-0.3, -0.25) is 0 Å². The van der Waals surface area contributed by atoms with Crippen molar-refractivity contribution in [2.75, 3.05) is 14.7 Å². The minimum atomic E-state index is -0.0768. The van der Waals surface area contributed by atoms with Crippen LogP contribution in [-0.2, 0) is 27.1 Å². The van der Waals surface area contributed by atoms with E-state index in [1.807, 2.05) is 0 Å². The van der Waals surface area contributed by atoms with Crippen molar-refractivity contribution in [3.05, 3.63) is 134 Å². The van der Waals surface area contributed by atoms with Gasteiger partial charge in [0.05, 0.1) is 33.8 Å². The minimum Gasteiger partial charge on any atom is -0.334 e. The molecule has 2 aliphatic carbocycles. The number of rotatable bonds is 2. The van der Waals surface area contributed by atoms with Crippen molar-refractivity contribution >= 4 is 39.8 Å². The highest BCUT2D eigenvalue weighted by atomic mass is 15.3. The van der Waals surface area contributed by atoms with Crippen molar-refractivity contribution in [1.82, 2.24) is 0 Å². The van der Waals surface area contributed by atoms with E-state index < -0.39 is 0 Å². The first-order chi connectivity index (χ1) is 29.9. The Labute approximate surface area is 386 Å². The van der Waals surface area contributed by atoms with E-state index in [4.69, 9.17) is 0 Å². The van der Waals surface area contributed by atoms with E-state index in [2.05, 4.69) is 197 Å². The third-order valence-electron chi connectivity index (χ3n) is 18.6. The smallest absolute Gasteiger partial charge is 0.0545 e. The average Bonchev–Trinajstić information content (AvgIpc) is 3.57. The molecule has 2 saturated carbocycles. The van der Waals surface area contributed by atoms with Crippen LogP contribution in [0.15, 0.2) is 78.9 Å². The van der Waals surface area contributed by atoms with Crippen LogP contribution in [-0.4, -0.2) is 11.1 Å². The number of hydrogen-bond acceptors (Lipinski definition) is 3. The summed E-state index contributed by atoms with van der Waals surface area (Å²) in [6, 6.07) is 32.6. The number of aryl methyl sites for hydroxylation is 2. The fourth-order valence-electron chi connectivity index (χ4n) is 14.6. The van der Waals surface area contributed by atoms with Crippen LogP contribution >= 0.6 is 0 Å². The highest BCUT2D eigenvalue weighted by Gasteiger charge is 2.63. The highest BCUT2D eigenvalue weighted by Crippen LogP contribution is 2.71. The maximum atomic E-state index is 2.97. The van der Waals surface area contributed by atoms with Crippen LogP contribution in [0.4, 0.5) is 39.8 Å². The molecule has 11 rings (SSSR count). The summed E-state index contributed by atoms with van der Waals surface area (Å²) in [7, 11) is 0. The van der Waals surface area contributed by atoms with Crippen LogP contribution in [0.5, 0.6) is 0 Å². The Balaban J connectivity index is 1.29. The zero-order chi connectivity index (χ0) is 45.5. The molecule has 4 heterocycles. The molecule has 0 radical (unpaired) electrons. The quantitative estimate of drug-likeness (QED) is 0.172. The molecule has 6 aliphatic rings. The first-order valence-corrected chi connectivity index (χ1v) is 25.1. The van der Waals surface area contributed by atoms with Gasteiger partial charge in [0, 0.05) is 39.4 Å². The molecule has 4 aliphatic heterocycles. The Bertz CT molecular complexity index is 2800. The van der Waals surface area contributed by atoms with Crippen LogP contribution < -0.4 is 14.7 Å². The van der Waals surface area contributed by atoms with Gasteiger partial charge < -0.3 is 14.7 Å². The molecule has 5 unspecified atom stereocenters. The molecular formula is C61H75N3. The Hall–Kier alpha value is -4.50. The van der Waals surface area contributed by atoms with Gasteiger partial charge in [-0.25, -0.2) is 0 Å². The molecule has 0 spiro atoms. The zero-order valence-corrected chi connectivity index (χ0v) is 42.1.